The topological polar surface area (TPSA) is 35.5 Å². The van der Waals surface area contributed by atoms with Crippen molar-refractivity contribution in [3.05, 3.63) is 24.3 Å². The number of carbonyl (C=O) groups excluding carboxylic acids is 1. The van der Waals surface area contributed by atoms with Crippen LogP contribution in [0.5, 0.6) is 11.5 Å². The van der Waals surface area contributed by atoms with Crippen molar-refractivity contribution >= 4 is 23.6 Å². The van der Waals surface area contributed by atoms with Crippen LogP contribution in [0, 0.1) is 0 Å². The van der Waals surface area contributed by atoms with Gasteiger partial charge in [-0.2, -0.15) is 0 Å². The van der Waals surface area contributed by atoms with Crippen LogP contribution in [0.1, 0.15) is 6.92 Å². The van der Waals surface area contributed by atoms with Crippen LogP contribution in [-0.2, 0) is 4.79 Å². The lowest BCUT2D eigenvalue weighted by Gasteiger charge is -2.04. The van der Waals surface area contributed by atoms with Gasteiger partial charge in [-0.3, -0.25) is 4.79 Å². The standard InChI is InChI=1S/C10H10O3S/c1-8(11)13-10-4-2-9(3-5-10)12-6-7-14/h2-5,7H,6H2,1H3. The quantitative estimate of drug-likeness (QED) is 0.432. The molecule has 14 heavy (non-hydrogen) atoms. The van der Waals surface area contributed by atoms with Crippen LogP contribution in [-0.4, -0.2) is 17.9 Å². The first-order valence-corrected chi connectivity index (χ1v) is 4.54. The average Bonchev–Trinajstić information content (AvgIpc) is 2.16. The first-order valence-electron chi connectivity index (χ1n) is 4.07. The molecule has 0 aliphatic carbocycles. The predicted octanol–water partition coefficient (Wildman–Crippen LogP) is 1.99. The minimum atomic E-state index is -0.336. The number of hydrogen-bond acceptors (Lipinski definition) is 4. The van der Waals surface area contributed by atoms with Crippen molar-refractivity contribution in [2.24, 2.45) is 0 Å². The third-order valence-electron chi connectivity index (χ3n) is 1.40. The van der Waals surface area contributed by atoms with Crippen LogP contribution < -0.4 is 9.47 Å². The minimum absolute atomic E-state index is 0.336. The van der Waals surface area contributed by atoms with Gasteiger partial charge in [0, 0.05) is 12.3 Å². The van der Waals surface area contributed by atoms with Crippen molar-refractivity contribution < 1.29 is 14.3 Å². The molecular weight excluding hydrogens is 200 g/mol. The van der Waals surface area contributed by atoms with Gasteiger partial charge < -0.3 is 9.47 Å². The van der Waals surface area contributed by atoms with E-state index >= 15 is 0 Å². The maximum Gasteiger partial charge on any atom is 0.308 e. The summed E-state index contributed by atoms with van der Waals surface area (Å²) in [6.45, 7) is 1.75. The summed E-state index contributed by atoms with van der Waals surface area (Å²) in [4.78, 5) is 10.6. The second-order valence-electron chi connectivity index (χ2n) is 2.54. The molecular formula is C10H10O3S. The summed E-state index contributed by atoms with van der Waals surface area (Å²) in [5.41, 5.74) is 0. The fourth-order valence-electron chi connectivity index (χ4n) is 0.900. The highest BCUT2D eigenvalue weighted by Crippen LogP contribution is 2.17. The van der Waals surface area contributed by atoms with Crippen molar-refractivity contribution in [3.8, 4) is 11.5 Å². The Morgan fingerprint density at radius 1 is 1.36 bits per heavy atom. The predicted molar refractivity (Wildman–Crippen MR) is 56.9 cm³/mol. The molecule has 0 N–H and O–H groups in total. The molecule has 1 aromatic carbocycles. The van der Waals surface area contributed by atoms with Gasteiger partial charge in [0.1, 0.15) is 18.1 Å². The number of esters is 1. The van der Waals surface area contributed by atoms with Gasteiger partial charge in [0.2, 0.25) is 0 Å². The maximum atomic E-state index is 10.6. The van der Waals surface area contributed by atoms with E-state index in [0.717, 1.165) is 0 Å². The van der Waals surface area contributed by atoms with E-state index in [1.807, 2.05) is 0 Å². The molecule has 4 heteroatoms. The van der Waals surface area contributed by atoms with Crippen molar-refractivity contribution in [2.45, 2.75) is 6.92 Å². The highest BCUT2D eigenvalue weighted by Gasteiger charge is 1.97. The summed E-state index contributed by atoms with van der Waals surface area (Å²) in [5.74, 6) is 0.867. The molecule has 0 heterocycles. The molecule has 0 amide bonds. The Labute approximate surface area is 87.6 Å². The maximum absolute atomic E-state index is 10.6. The van der Waals surface area contributed by atoms with E-state index < -0.39 is 0 Å². The third-order valence-corrected chi connectivity index (χ3v) is 1.54. The van der Waals surface area contributed by atoms with E-state index in [9.17, 15) is 4.79 Å². The fraction of sp³-hybridized carbons (Fsp3) is 0.200. The smallest absolute Gasteiger partial charge is 0.308 e. The van der Waals surface area contributed by atoms with Crippen LogP contribution in [0.15, 0.2) is 24.3 Å². The molecule has 1 rings (SSSR count). The van der Waals surface area contributed by atoms with Crippen LogP contribution in [0.2, 0.25) is 0 Å². The second-order valence-corrected chi connectivity index (χ2v) is 2.88. The molecule has 0 aromatic heterocycles. The van der Waals surface area contributed by atoms with E-state index in [1.54, 1.807) is 24.3 Å². The van der Waals surface area contributed by atoms with Crippen LogP contribution in [0.3, 0.4) is 0 Å². The summed E-state index contributed by atoms with van der Waals surface area (Å²) in [6.07, 6.45) is 0. The number of benzene rings is 1. The second kappa shape index (κ2) is 5.34. The van der Waals surface area contributed by atoms with E-state index in [1.165, 1.54) is 12.3 Å². The molecule has 0 saturated carbocycles. The van der Waals surface area contributed by atoms with Crippen molar-refractivity contribution in [2.75, 3.05) is 6.61 Å². The van der Waals surface area contributed by atoms with Gasteiger partial charge in [-0.1, -0.05) is 12.2 Å². The Kier molecular flexibility index (Phi) is 4.07. The molecule has 3 nitrogen and oxygen atoms in total. The lowest BCUT2D eigenvalue weighted by atomic mass is 10.3. The molecule has 0 aliphatic heterocycles. The van der Waals surface area contributed by atoms with Gasteiger partial charge in [-0.05, 0) is 24.3 Å². The van der Waals surface area contributed by atoms with E-state index in [-0.39, 0.29) is 5.97 Å². The number of rotatable bonds is 4. The first kappa shape index (κ1) is 10.7. The first-order chi connectivity index (χ1) is 6.72. The van der Waals surface area contributed by atoms with E-state index in [0.29, 0.717) is 18.1 Å². The van der Waals surface area contributed by atoms with E-state index in [4.69, 9.17) is 9.47 Å². The summed E-state index contributed by atoms with van der Waals surface area (Å²) >= 11 is 4.61. The van der Waals surface area contributed by atoms with Crippen LogP contribution in [0.25, 0.3) is 0 Å². The van der Waals surface area contributed by atoms with Crippen molar-refractivity contribution in [1.29, 1.82) is 0 Å². The number of carbonyl (C=O) groups is 1. The molecule has 0 saturated heterocycles. The van der Waals surface area contributed by atoms with Gasteiger partial charge >= 0.3 is 5.97 Å². The average molecular weight is 210 g/mol. The molecule has 1 aromatic rings. The Bertz CT molecular complexity index is 319. The Hall–Kier alpha value is -1.42. The lowest BCUT2D eigenvalue weighted by molar-refractivity contribution is -0.131. The molecule has 0 radical (unpaired) electrons. The Balaban J connectivity index is 2.58. The SMILES string of the molecule is CC(=O)Oc1ccc(OCC=S)cc1. The molecule has 0 unspecified atom stereocenters. The Morgan fingerprint density at radius 2 is 1.93 bits per heavy atom. The summed E-state index contributed by atoms with van der Waals surface area (Å²) in [5, 5.41) is 1.50. The molecule has 0 bridgehead atoms. The molecule has 0 aliphatic rings. The van der Waals surface area contributed by atoms with Gasteiger partial charge in [-0.25, -0.2) is 0 Å². The van der Waals surface area contributed by atoms with Crippen LogP contribution in [0.4, 0.5) is 0 Å². The van der Waals surface area contributed by atoms with Gasteiger partial charge in [0.15, 0.2) is 0 Å². The zero-order valence-corrected chi connectivity index (χ0v) is 8.54. The third kappa shape index (κ3) is 3.53. The Morgan fingerprint density at radius 3 is 2.43 bits per heavy atom. The zero-order valence-electron chi connectivity index (χ0n) is 7.73. The number of thiocarbonyl (C=S) groups is 1. The number of hydrogen-bond donors (Lipinski definition) is 0. The number of ether oxygens (including phenoxy) is 2. The van der Waals surface area contributed by atoms with Gasteiger partial charge in [0.25, 0.3) is 0 Å². The minimum Gasteiger partial charge on any atom is -0.489 e. The largest absolute Gasteiger partial charge is 0.489 e. The normalized spacial score (nSPS) is 9.21. The summed E-state index contributed by atoms with van der Waals surface area (Å²) in [6, 6.07) is 6.77. The van der Waals surface area contributed by atoms with E-state index in [2.05, 4.69) is 12.2 Å². The molecule has 0 spiro atoms. The molecule has 74 valence electrons. The van der Waals surface area contributed by atoms with Crippen molar-refractivity contribution in [1.82, 2.24) is 0 Å². The van der Waals surface area contributed by atoms with Crippen molar-refractivity contribution in [3.63, 3.8) is 0 Å². The lowest BCUT2D eigenvalue weighted by Crippen LogP contribution is -2.01. The highest BCUT2D eigenvalue weighted by molar-refractivity contribution is 7.79. The fourth-order valence-corrected chi connectivity index (χ4v) is 0.968. The highest BCUT2D eigenvalue weighted by atomic mass is 32.1. The summed E-state index contributed by atoms with van der Waals surface area (Å²) < 4.78 is 10.1. The van der Waals surface area contributed by atoms with Gasteiger partial charge in [-0.15, -0.1) is 0 Å². The monoisotopic (exact) mass is 210 g/mol. The zero-order chi connectivity index (χ0) is 10.4. The molecule has 0 fully saturated rings. The van der Waals surface area contributed by atoms with Crippen LogP contribution >= 0.6 is 12.2 Å². The van der Waals surface area contributed by atoms with Gasteiger partial charge in [0.05, 0.1) is 0 Å². The molecule has 0 atom stereocenters. The summed E-state index contributed by atoms with van der Waals surface area (Å²) in [7, 11) is 0.